The summed E-state index contributed by atoms with van der Waals surface area (Å²) in [4.78, 5) is 17.3. The highest BCUT2D eigenvalue weighted by atomic mass is 16.2. The monoisotopic (exact) mass is 322 g/mol. The number of fused-ring (bicyclic) bond motifs is 1. The lowest BCUT2D eigenvalue weighted by Crippen LogP contribution is -2.45. The van der Waals surface area contributed by atoms with Crippen molar-refractivity contribution in [2.75, 3.05) is 26.2 Å². The summed E-state index contributed by atoms with van der Waals surface area (Å²) in [5.41, 5.74) is 3.82. The highest BCUT2D eigenvalue weighted by Crippen LogP contribution is 2.35. The van der Waals surface area contributed by atoms with Crippen molar-refractivity contribution in [3.63, 3.8) is 0 Å². The van der Waals surface area contributed by atoms with Crippen molar-refractivity contribution in [3.8, 4) is 0 Å². The standard InChI is InChI=1S/C21H26N2O/c1-3-22(4-2)16-20(24)23-15-14-17-10-8-9-13-19(17)21(23)18-11-6-5-7-12-18/h5-13,21H,3-4,14-16H2,1-2H3. The van der Waals surface area contributed by atoms with E-state index in [1.807, 2.05) is 6.07 Å². The summed E-state index contributed by atoms with van der Waals surface area (Å²) in [5, 5.41) is 0. The Labute approximate surface area is 144 Å². The number of carbonyl (C=O) groups is 1. The highest BCUT2D eigenvalue weighted by Gasteiger charge is 2.31. The van der Waals surface area contributed by atoms with Crippen LogP contribution in [0.15, 0.2) is 54.6 Å². The van der Waals surface area contributed by atoms with Crippen LogP contribution in [0.1, 0.15) is 36.6 Å². The normalized spacial score (nSPS) is 17.0. The third-order valence-corrected chi connectivity index (χ3v) is 4.97. The van der Waals surface area contributed by atoms with Crippen LogP contribution in [0.3, 0.4) is 0 Å². The van der Waals surface area contributed by atoms with E-state index in [2.05, 4.69) is 72.2 Å². The predicted octanol–water partition coefficient (Wildman–Crippen LogP) is 3.50. The van der Waals surface area contributed by atoms with Crippen molar-refractivity contribution in [3.05, 3.63) is 71.3 Å². The molecule has 0 saturated carbocycles. The number of amides is 1. The van der Waals surface area contributed by atoms with E-state index in [4.69, 9.17) is 0 Å². The first-order valence-electron chi connectivity index (χ1n) is 8.89. The van der Waals surface area contributed by atoms with Gasteiger partial charge in [0, 0.05) is 6.54 Å². The van der Waals surface area contributed by atoms with Gasteiger partial charge < -0.3 is 4.90 Å². The van der Waals surface area contributed by atoms with Gasteiger partial charge in [0.25, 0.3) is 0 Å². The fraction of sp³-hybridized carbons (Fsp3) is 0.381. The molecule has 1 atom stereocenters. The second-order valence-corrected chi connectivity index (χ2v) is 6.31. The third kappa shape index (κ3) is 3.36. The van der Waals surface area contributed by atoms with Crippen molar-refractivity contribution in [1.82, 2.24) is 9.80 Å². The average molecular weight is 322 g/mol. The van der Waals surface area contributed by atoms with Gasteiger partial charge in [0.15, 0.2) is 0 Å². The molecule has 0 N–H and O–H groups in total. The number of rotatable bonds is 5. The minimum atomic E-state index is 0.0270. The molecular weight excluding hydrogens is 296 g/mol. The molecule has 3 nitrogen and oxygen atoms in total. The summed E-state index contributed by atoms with van der Waals surface area (Å²) < 4.78 is 0. The van der Waals surface area contributed by atoms with Crippen molar-refractivity contribution in [1.29, 1.82) is 0 Å². The summed E-state index contributed by atoms with van der Waals surface area (Å²) >= 11 is 0. The first-order chi connectivity index (χ1) is 11.7. The van der Waals surface area contributed by atoms with Gasteiger partial charge >= 0.3 is 0 Å². The van der Waals surface area contributed by atoms with E-state index in [1.54, 1.807) is 0 Å². The van der Waals surface area contributed by atoms with E-state index in [0.29, 0.717) is 6.54 Å². The van der Waals surface area contributed by atoms with Crippen LogP contribution in [-0.4, -0.2) is 41.9 Å². The molecule has 0 radical (unpaired) electrons. The molecule has 0 fully saturated rings. The minimum absolute atomic E-state index is 0.0270. The summed E-state index contributed by atoms with van der Waals surface area (Å²) in [6.07, 6.45) is 0.934. The zero-order chi connectivity index (χ0) is 16.9. The topological polar surface area (TPSA) is 23.6 Å². The molecule has 0 bridgehead atoms. The number of hydrogen-bond acceptors (Lipinski definition) is 2. The van der Waals surface area contributed by atoms with E-state index < -0.39 is 0 Å². The second kappa shape index (κ2) is 7.63. The molecule has 3 heteroatoms. The zero-order valence-electron chi connectivity index (χ0n) is 14.6. The Morgan fingerprint density at radius 3 is 2.42 bits per heavy atom. The molecule has 0 spiro atoms. The number of nitrogens with zero attached hydrogens (tertiary/aromatic N) is 2. The summed E-state index contributed by atoms with van der Waals surface area (Å²) in [6.45, 7) is 7.31. The summed E-state index contributed by atoms with van der Waals surface area (Å²) in [7, 11) is 0. The van der Waals surface area contributed by atoms with E-state index in [-0.39, 0.29) is 11.9 Å². The second-order valence-electron chi connectivity index (χ2n) is 6.31. The van der Waals surface area contributed by atoms with E-state index in [9.17, 15) is 4.79 Å². The quantitative estimate of drug-likeness (QED) is 0.841. The Morgan fingerprint density at radius 2 is 1.71 bits per heavy atom. The van der Waals surface area contributed by atoms with Gasteiger partial charge in [-0.05, 0) is 36.2 Å². The van der Waals surface area contributed by atoms with Crippen LogP contribution in [0.25, 0.3) is 0 Å². The molecule has 1 aliphatic heterocycles. The lowest BCUT2D eigenvalue weighted by molar-refractivity contribution is -0.134. The molecule has 0 aliphatic carbocycles. The van der Waals surface area contributed by atoms with Crippen LogP contribution in [0, 0.1) is 0 Å². The Morgan fingerprint density at radius 1 is 1.04 bits per heavy atom. The molecule has 1 amide bonds. The van der Waals surface area contributed by atoms with Crippen LogP contribution in [0.5, 0.6) is 0 Å². The van der Waals surface area contributed by atoms with Crippen molar-refractivity contribution in [2.45, 2.75) is 26.3 Å². The first-order valence-corrected chi connectivity index (χ1v) is 8.89. The van der Waals surface area contributed by atoms with E-state index in [1.165, 1.54) is 16.7 Å². The minimum Gasteiger partial charge on any atom is -0.330 e. The number of benzene rings is 2. The Bertz CT molecular complexity index is 679. The van der Waals surface area contributed by atoms with Gasteiger partial charge in [-0.3, -0.25) is 9.69 Å². The number of likely N-dealkylation sites (N-methyl/N-ethyl adjacent to an activating group) is 1. The molecule has 1 heterocycles. The van der Waals surface area contributed by atoms with Gasteiger partial charge in [-0.25, -0.2) is 0 Å². The van der Waals surface area contributed by atoms with Crippen LogP contribution in [0.4, 0.5) is 0 Å². The highest BCUT2D eigenvalue weighted by molar-refractivity contribution is 5.79. The van der Waals surface area contributed by atoms with Crippen LogP contribution < -0.4 is 0 Å². The Hall–Kier alpha value is -2.13. The molecule has 1 unspecified atom stereocenters. The van der Waals surface area contributed by atoms with Crippen molar-refractivity contribution >= 4 is 5.91 Å². The fourth-order valence-corrected chi connectivity index (χ4v) is 3.56. The SMILES string of the molecule is CCN(CC)CC(=O)N1CCc2ccccc2C1c1ccccc1. The molecule has 24 heavy (non-hydrogen) atoms. The molecule has 2 aromatic carbocycles. The summed E-state index contributed by atoms with van der Waals surface area (Å²) in [6, 6.07) is 19.0. The van der Waals surface area contributed by atoms with Crippen molar-refractivity contribution < 1.29 is 4.79 Å². The maximum Gasteiger partial charge on any atom is 0.237 e. The fourth-order valence-electron chi connectivity index (χ4n) is 3.56. The van der Waals surface area contributed by atoms with E-state index in [0.717, 1.165) is 26.1 Å². The molecule has 3 rings (SSSR count). The molecule has 0 saturated heterocycles. The van der Waals surface area contributed by atoms with Gasteiger partial charge in [-0.1, -0.05) is 68.4 Å². The number of hydrogen-bond donors (Lipinski definition) is 0. The van der Waals surface area contributed by atoms with E-state index >= 15 is 0 Å². The number of carbonyl (C=O) groups excluding carboxylic acids is 1. The Balaban J connectivity index is 1.95. The van der Waals surface area contributed by atoms with Crippen LogP contribution in [0.2, 0.25) is 0 Å². The van der Waals surface area contributed by atoms with Gasteiger partial charge in [0.05, 0.1) is 12.6 Å². The lowest BCUT2D eigenvalue weighted by Gasteiger charge is -2.38. The lowest BCUT2D eigenvalue weighted by atomic mass is 9.88. The van der Waals surface area contributed by atoms with Gasteiger partial charge in [-0.2, -0.15) is 0 Å². The zero-order valence-corrected chi connectivity index (χ0v) is 14.6. The predicted molar refractivity (Wildman–Crippen MR) is 97.9 cm³/mol. The molecule has 1 aliphatic rings. The van der Waals surface area contributed by atoms with Gasteiger partial charge in [0.1, 0.15) is 0 Å². The van der Waals surface area contributed by atoms with Crippen LogP contribution in [-0.2, 0) is 11.2 Å². The largest absolute Gasteiger partial charge is 0.330 e. The maximum absolute atomic E-state index is 13.0. The molecule has 126 valence electrons. The maximum atomic E-state index is 13.0. The Kier molecular flexibility index (Phi) is 5.31. The van der Waals surface area contributed by atoms with Crippen molar-refractivity contribution in [2.24, 2.45) is 0 Å². The molecular formula is C21H26N2O. The average Bonchev–Trinajstić information content (AvgIpc) is 2.65. The summed E-state index contributed by atoms with van der Waals surface area (Å²) in [5.74, 6) is 0.224. The third-order valence-electron chi connectivity index (χ3n) is 4.97. The van der Waals surface area contributed by atoms with Crippen LogP contribution >= 0.6 is 0 Å². The molecule has 0 aromatic heterocycles. The molecule has 2 aromatic rings. The smallest absolute Gasteiger partial charge is 0.237 e. The first kappa shape index (κ1) is 16.7. The van der Waals surface area contributed by atoms with Gasteiger partial charge in [-0.15, -0.1) is 0 Å². The van der Waals surface area contributed by atoms with Gasteiger partial charge in [0.2, 0.25) is 5.91 Å².